The predicted molar refractivity (Wildman–Crippen MR) is 73.0 cm³/mol. The lowest BCUT2D eigenvalue weighted by atomic mass is 9.90. The Bertz CT molecular complexity index is 426. The predicted octanol–water partition coefficient (Wildman–Crippen LogP) is 1.81. The Morgan fingerprint density at radius 1 is 1.50 bits per heavy atom. The van der Waals surface area contributed by atoms with Gasteiger partial charge in [-0.15, -0.1) is 0 Å². The number of aryl methyl sites for hydroxylation is 1. The highest BCUT2D eigenvalue weighted by Gasteiger charge is 2.17. The molecular weight excluding hydrogens is 230 g/mol. The van der Waals surface area contributed by atoms with Crippen LogP contribution in [0.1, 0.15) is 33.0 Å². The van der Waals surface area contributed by atoms with Crippen LogP contribution < -0.4 is 10.9 Å². The van der Waals surface area contributed by atoms with Crippen LogP contribution in [0.4, 0.5) is 5.82 Å². The van der Waals surface area contributed by atoms with Crippen LogP contribution in [0.15, 0.2) is 10.9 Å². The zero-order valence-corrected chi connectivity index (χ0v) is 11.7. The Hall–Kier alpha value is -1.36. The fraction of sp³-hybridized carbons (Fsp3) is 0.692. The summed E-state index contributed by atoms with van der Waals surface area (Å²) in [6, 6.07) is 1.49. The third-order valence-electron chi connectivity index (χ3n) is 2.86. The number of ether oxygens (including phenoxy) is 1. The molecule has 1 rings (SSSR count). The Labute approximate surface area is 108 Å². The number of aromatic amines is 1. The first-order chi connectivity index (χ1) is 8.46. The molecule has 0 spiro atoms. The molecule has 0 bridgehead atoms. The molecule has 0 unspecified atom stereocenters. The van der Waals surface area contributed by atoms with Gasteiger partial charge >= 0.3 is 0 Å². The molecule has 0 amide bonds. The van der Waals surface area contributed by atoms with Crippen LogP contribution in [0.25, 0.3) is 0 Å². The minimum Gasteiger partial charge on any atom is -0.385 e. The van der Waals surface area contributed by atoms with Gasteiger partial charge in [-0.3, -0.25) is 4.79 Å². The average Bonchev–Trinajstić information content (AvgIpc) is 2.33. The van der Waals surface area contributed by atoms with Crippen molar-refractivity contribution in [1.29, 1.82) is 0 Å². The van der Waals surface area contributed by atoms with Gasteiger partial charge in [0.25, 0.3) is 5.56 Å². The molecule has 0 aromatic carbocycles. The summed E-state index contributed by atoms with van der Waals surface area (Å²) in [7, 11) is 1.70. The second-order valence-corrected chi connectivity index (χ2v) is 5.19. The van der Waals surface area contributed by atoms with Crippen molar-refractivity contribution in [2.24, 2.45) is 5.41 Å². The summed E-state index contributed by atoms with van der Waals surface area (Å²) in [5.41, 5.74) is -0.00815. The number of rotatable bonds is 7. The van der Waals surface area contributed by atoms with Gasteiger partial charge < -0.3 is 15.0 Å². The van der Waals surface area contributed by atoms with Crippen molar-refractivity contribution in [2.45, 2.75) is 33.6 Å². The molecular formula is C13H23N3O2. The summed E-state index contributed by atoms with van der Waals surface area (Å²) in [4.78, 5) is 18.5. The molecule has 0 aliphatic heterocycles. The Morgan fingerprint density at radius 3 is 2.83 bits per heavy atom. The molecule has 18 heavy (non-hydrogen) atoms. The van der Waals surface area contributed by atoms with E-state index in [2.05, 4.69) is 29.1 Å². The van der Waals surface area contributed by atoms with Gasteiger partial charge in [0.1, 0.15) is 11.6 Å². The van der Waals surface area contributed by atoms with Gasteiger partial charge in [0.2, 0.25) is 0 Å². The van der Waals surface area contributed by atoms with E-state index in [0.29, 0.717) is 11.6 Å². The van der Waals surface area contributed by atoms with E-state index in [9.17, 15) is 4.79 Å². The maximum atomic E-state index is 11.4. The number of hydrogen-bond acceptors (Lipinski definition) is 4. The largest absolute Gasteiger partial charge is 0.385 e. The highest BCUT2D eigenvalue weighted by Crippen LogP contribution is 2.20. The molecule has 5 nitrogen and oxygen atoms in total. The van der Waals surface area contributed by atoms with Crippen LogP contribution in [-0.4, -0.2) is 30.2 Å². The van der Waals surface area contributed by atoms with Crippen LogP contribution in [0.3, 0.4) is 0 Å². The molecule has 102 valence electrons. The minimum absolute atomic E-state index is 0.104. The van der Waals surface area contributed by atoms with E-state index >= 15 is 0 Å². The van der Waals surface area contributed by atoms with Crippen molar-refractivity contribution in [3.8, 4) is 0 Å². The van der Waals surface area contributed by atoms with Gasteiger partial charge in [-0.2, -0.15) is 0 Å². The molecule has 0 aliphatic carbocycles. The molecule has 0 saturated carbocycles. The summed E-state index contributed by atoms with van der Waals surface area (Å²) in [5.74, 6) is 1.35. The smallest absolute Gasteiger partial charge is 0.252 e. The SMILES string of the molecule is CCc1nc(NCC(C)(C)CCOC)cc(=O)[nH]1. The lowest BCUT2D eigenvalue weighted by Crippen LogP contribution is -2.26. The van der Waals surface area contributed by atoms with Gasteiger partial charge in [0.15, 0.2) is 0 Å². The van der Waals surface area contributed by atoms with E-state index in [1.165, 1.54) is 6.07 Å². The zero-order valence-electron chi connectivity index (χ0n) is 11.7. The third kappa shape index (κ3) is 4.87. The molecule has 0 radical (unpaired) electrons. The Balaban J connectivity index is 2.62. The van der Waals surface area contributed by atoms with Crippen molar-refractivity contribution in [1.82, 2.24) is 9.97 Å². The first-order valence-corrected chi connectivity index (χ1v) is 6.30. The van der Waals surface area contributed by atoms with Crippen LogP contribution in [0.2, 0.25) is 0 Å². The quantitative estimate of drug-likeness (QED) is 0.777. The monoisotopic (exact) mass is 253 g/mol. The van der Waals surface area contributed by atoms with E-state index in [1.807, 2.05) is 6.92 Å². The minimum atomic E-state index is -0.112. The number of H-pyrrole nitrogens is 1. The second-order valence-electron chi connectivity index (χ2n) is 5.19. The van der Waals surface area contributed by atoms with Gasteiger partial charge in [-0.25, -0.2) is 4.98 Å². The van der Waals surface area contributed by atoms with E-state index in [0.717, 1.165) is 26.0 Å². The maximum absolute atomic E-state index is 11.4. The van der Waals surface area contributed by atoms with Crippen molar-refractivity contribution in [3.63, 3.8) is 0 Å². The van der Waals surface area contributed by atoms with Crippen molar-refractivity contribution >= 4 is 5.82 Å². The molecule has 0 fully saturated rings. The van der Waals surface area contributed by atoms with Gasteiger partial charge in [-0.05, 0) is 11.8 Å². The molecule has 0 atom stereocenters. The second kappa shape index (κ2) is 6.54. The van der Waals surface area contributed by atoms with Crippen molar-refractivity contribution < 1.29 is 4.74 Å². The normalized spacial score (nSPS) is 11.6. The van der Waals surface area contributed by atoms with Crippen LogP contribution in [-0.2, 0) is 11.2 Å². The maximum Gasteiger partial charge on any atom is 0.252 e. The summed E-state index contributed by atoms with van der Waals surface area (Å²) in [6.07, 6.45) is 1.68. The molecule has 2 N–H and O–H groups in total. The standard InChI is InChI=1S/C13H23N3O2/c1-5-10-15-11(8-12(17)16-10)14-9-13(2,3)6-7-18-4/h8H,5-7,9H2,1-4H3,(H2,14,15,16,17). The van der Waals surface area contributed by atoms with Gasteiger partial charge in [-0.1, -0.05) is 20.8 Å². The Kier molecular flexibility index (Phi) is 5.34. The topological polar surface area (TPSA) is 67.0 Å². The summed E-state index contributed by atoms with van der Waals surface area (Å²) < 4.78 is 5.09. The number of aromatic nitrogens is 2. The lowest BCUT2D eigenvalue weighted by molar-refractivity contribution is 0.157. The number of nitrogens with zero attached hydrogens (tertiary/aromatic N) is 1. The van der Waals surface area contributed by atoms with E-state index in [1.54, 1.807) is 7.11 Å². The fourth-order valence-electron chi connectivity index (χ4n) is 1.56. The van der Waals surface area contributed by atoms with Crippen LogP contribution in [0, 0.1) is 5.41 Å². The highest BCUT2D eigenvalue weighted by molar-refractivity contribution is 5.33. The van der Waals surface area contributed by atoms with Crippen LogP contribution >= 0.6 is 0 Å². The molecule has 5 heteroatoms. The number of nitrogens with one attached hydrogen (secondary N) is 2. The van der Waals surface area contributed by atoms with E-state index in [-0.39, 0.29) is 11.0 Å². The third-order valence-corrected chi connectivity index (χ3v) is 2.86. The molecule has 1 aromatic heterocycles. The molecule has 0 aliphatic rings. The summed E-state index contributed by atoms with van der Waals surface area (Å²) in [6.45, 7) is 7.78. The lowest BCUT2D eigenvalue weighted by Gasteiger charge is -2.24. The number of anilines is 1. The first-order valence-electron chi connectivity index (χ1n) is 6.30. The van der Waals surface area contributed by atoms with E-state index < -0.39 is 0 Å². The van der Waals surface area contributed by atoms with Crippen molar-refractivity contribution in [3.05, 3.63) is 22.2 Å². The molecule has 1 heterocycles. The van der Waals surface area contributed by atoms with Crippen LogP contribution in [0.5, 0.6) is 0 Å². The Morgan fingerprint density at radius 2 is 2.22 bits per heavy atom. The average molecular weight is 253 g/mol. The fourth-order valence-corrected chi connectivity index (χ4v) is 1.56. The first kappa shape index (κ1) is 14.7. The van der Waals surface area contributed by atoms with Gasteiger partial charge in [0.05, 0.1) is 0 Å². The number of hydrogen-bond donors (Lipinski definition) is 2. The summed E-state index contributed by atoms with van der Waals surface area (Å²) >= 11 is 0. The highest BCUT2D eigenvalue weighted by atomic mass is 16.5. The number of methoxy groups -OCH3 is 1. The zero-order chi connectivity index (χ0) is 13.6. The van der Waals surface area contributed by atoms with E-state index in [4.69, 9.17) is 4.74 Å². The van der Waals surface area contributed by atoms with Crippen molar-refractivity contribution in [2.75, 3.05) is 25.6 Å². The van der Waals surface area contributed by atoms with Gasteiger partial charge in [0, 0.05) is 32.7 Å². The molecule has 1 aromatic rings. The molecule has 0 saturated heterocycles. The summed E-state index contributed by atoms with van der Waals surface area (Å²) in [5, 5.41) is 3.22.